The Morgan fingerprint density at radius 2 is 1.75 bits per heavy atom. The first-order chi connectivity index (χ1) is 7.37. The van der Waals surface area contributed by atoms with Crippen molar-refractivity contribution in [2.75, 3.05) is 5.75 Å². The normalized spacial score (nSPS) is 23.1. The minimum Gasteiger partial charge on any atom is -0.362 e. The van der Waals surface area contributed by atoms with E-state index < -0.39 is 9.84 Å². The Morgan fingerprint density at radius 1 is 1.25 bits per heavy atom. The van der Waals surface area contributed by atoms with Gasteiger partial charge in [0.2, 0.25) is 0 Å². The summed E-state index contributed by atoms with van der Waals surface area (Å²) in [5.74, 6) is 0.137. The van der Waals surface area contributed by atoms with Gasteiger partial charge in [-0.05, 0) is 31.5 Å². The van der Waals surface area contributed by atoms with Crippen LogP contribution in [0.1, 0.15) is 32.4 Å². The van der Waals surface area contributed by atoms with Crippen LogP contribution in [-0.4, -0.2) is 19.8 Å². The van der Waals surface area contributed by atoms with Crippen molar-refractivity contribution in [2.45, 2.75) is 37.4 Å². The molecule has 16 heavy (non-hydrogen) atoms. The van der Waals surface area contributed by atoms with E-state index in [9.17, 15) is 8.42 Å². The summed E-state index contributed by atoms with van der Waals surface area (Å²) >= 11 is 0. The van der Waals surface area contributed by atoms with Crippen molar-refractivity contribution in [3.05, 3.63) is 29.8 Å². The molecule has 1 aromatic rings. The number of sulfone groups is 1. The van der Waals surface area contributed by atoms with Crippen molar-refractivity contribution in [2.24, 2.45) is 0 Å². The van der Waals surface area contributed by atoms with Crippen molar-refractivity contribution in [1.29, 1.82) is 0 Å². The second-order valence-corrected chi connectivity index (χ2v) is 6.85. The van der Waals surface area contributed by atoms with Crippen LogP contribution in [0.25, 0.3) is 0 Å². The summed E-state index contributed by atoms with van der Waals surface area (Å²) < 4.78 is 28.7. The lowest BCUT2D eigenvalue weighted by molar-refractivity contribution is 0.325. The lowest BCUT2D eigenvalue weighted by atomic mass is 10.0. The summed E-state index contributed by atoms with van der Waals surface area (Å²) in [5, 5.41) is 0. The van der Waals surface area contributed by atoms with Gasteiger partial charge in [-0.3, -0.25) is 0 Å². The zero-order chi connectivity index (χ0) is 12.0. The Kier molecular flexibility index (Phi) is 2.59. The average Bonchev–Trinajstić information content (AvgIpc) is 2.88. The van der Waals surface area contributed by atoms with Gasteiger partial charge in [-0.1, -0.05) is 19.1 Å². The summed E-state index contributed by atoms with van der Waals surface area (Å²) in [6.45, 7) is 5.69. The van der Waals surface area contributed by atoms with E-state index in [1.165, 1.54) is 0 Å². The Bertz CT molecular complexity index is 486. The molecular formula is C12H16O3S. The Hall–Kier alpha value is -0.870. The maximum atomic E-state index is 11.6. The summed E-state index contributed by atoms with van der Waals surface area (Å²) in [4.78, 5) is 0.386. The summed E-state index contributed by atoms with van der Waals surface area (Å²) in [5.41, 5.74) is 0.936. The van der Waals surface area contributed by atoms with Gasteiger partial charge in [0.05, 0.1) is 16.2 Å². The molecule has 0 bridgehead atoms. The molecule has 1 heterocycles. The average molecular weight is 240 g/mol. The fourth-order valence-corrected chi connectivity index (χ4v) is 2.64. The number of rotatable bonds is 3. The summed E-state index contributed by atoms with van der Waals surface area (Å²) in [7, 11) is -3.09. The fourth-order valence-electron chi connectivity index (χ4n) is 1.76. The maximum Gasteiger partial charge on any atom is 0.178 e. The van der Waals surface area contributed by atoms with Crippen molar-refractivity contribution in [3.63, 3.8) is 0 Å². The molecule has 1 fully saturated rings. The van der Waals surface area contributed by atoms with Gasteiger partial charge in [-0.15, -0.1) is 0 Å². The van der Waals surface area contributed by atoms with E-state index in [0.717, 1.165) is 5.56 Å². The first-order valence-corrected chi connectivity index (χ1v) is 7.02. The van der Waals surface area contributed by atoms with Gasteiger partial charge in [0.15, 0.2) is 9.84 Å². The fraction of sp³-hybridized carbons (Fsp3) is 0.500. The molecule has 1 aromatic carbocycles. The van der Waals surface area contributed by atoms with Crippen LogP contribution < -0.4 is 0 Å². The van der Waals surface area contributed by atoms with E-state index in [1.54, 1.807) is 19.1 Å². The number of ether oxygens (including phenoxy) is 1. The first-order valence-electron chi connectivity index (χ1n) is 5.37. The van der Waals surface area contributed by atoms with E-state index in [4.69, 9.17) is 4.74 Å². The van der Waals surface area contributed by atoms with Crippen molar-refractivity contribution >= 4 is 9.84 Å². The Balaban J connectivity index is 2.25. The quantitative estimate of drug-likeness (QED) is 0.762. The third-order valence-corrected chi connectivity index (χ3v) is 4.67. The highest BCUT2D eigenvalue weighted by molar-refractivity contribution is 7.91. The van der Waals surface area contributed by atoms with E-state index in [1.807, 2.05) is 26.0 Å². The molecule has 88 valence electrons. The van der Waals surface area contributed by atoms with Gasteiger partial charge in [0, 0.05) is 0 Å². The zero-order valence-corrected chi connectivity index (χ0v) is 10.5. The third-order valence-electron chi connectivity index (χ3n) is 2.92. The van der Waals surface area contributed by atoms with Crippen LogP contribution in [0, 0.1) is 0 Å². The van der Waals surface area contributed by atoms with E-state index in [0.29, 0.717) is 4.90 Å². The SMILES string of the molecule is CCS(=O)(=O)c1ccc(C2OC2(C)C)cc1. The number of hydrogen-bond donors (Lipinski definition) is 0. The van der Waals surface area contributed by atoms with Gasteiger partial charge in [-0.2, -0.15) is 0 Å². The molecule has 0 saturated carbocycles. The molecule has 2 rings (SSSR count). The van der Waals surface area contributed by atoms with Crippen molar-refractivity contribution in [3.8, 4) is 0 Å². The topological polar surface area (TPSA) is 46.7 Å². The van der Waals surface area contributed by atoms with E-state index in [-0.39, 0.29) is 17.5 Å². The van der Waals surface area contributed by atoms with Gasteiger partial charge in [-0.25, -0.2) is 8.42 Å². The first kappa shape index (κ1) is 11.6. The predicted octanol–water partition coefficient (Wildman–Crippen LogP) is 2.33. The molecule has 0 N–H and O–H groups in total. The third kappa shape index (κ3) is 1.99. The maximum absolute atomic E-state index is 11.6. The van der Waals surface area contributed by atoms with E-state index in [2.05, 4.69) is 0 Å². The molecular weight excluding hydrogens is 224 g/mol. The van der Waals surface area contributed by atoms with Gasteiger partial charge < -0.3 is 4.74 Å². The molecule has 4 heteroatoms. The summed E-state index contributed by atoms with van der Waals surface area (Å²) in [6, 6.07) is 6.99. The largest absolute Gasteiger partial charge is 0.362 e. The standard InChI is InChI=1S/C12H16O3S/c1-4-16(13,14)10-7-5-9(6-8-10)11-12(2,3)15-11/h5-8,11H,4H2,1-3H3. The van der Waals surface area contributed by atoms with Crippen LogP contribution in [0.5, 0.6) is 0 Å². The van der Waals surface area contributed by atoms with Crippen molar-refractivity contribution in [1.82, 2.24) is 0 Å². The number of benzene rings is 1. The Labute approximate surface area is 96.4 Å². The van der Waals surface area contributed by atoms with Gasteiger partial charge in [0.25, 0.3) is 0 Å². The molecule has 0 spiro atoms. The second kappa shape index (κ2) is 3.57. The van der Waals surface area contributed by atoms with Crippen molar-refractivity contribution < 1.29 is 13.2 Å². The van der Waals surface area contributed by atoms with Crippen LogP contribution in [0.15, 0.2) is 29.2 Å². The molecule has 0 aromatic heterocycles. The van der Waals surface area contributed by atoms with E-state index >= 15 is 0 Å². The summed E-state index contributed by atoms with van der Waals surface area (Å²) in [6.07, 6.45) is 0.103. The van der Waals surface area contributed by atoms with Gasteiger partial charge >= 0.3 is 0 Å². The number of epoxide rings is 1. The molecule has 1 saturated heterocycles. The molecule has 1 unspecified atom stereocenters. The lowest BCUT2D eigenvalue weighted by Crippen LogP contribution is -2.04. The predicted molar refractivity (Wildman–Crippen MR) is 62.1 cm³/mol. The minimum atomic E-state index is -3.09. The van der Waals surface area contributed by atoms with Crippen LogP contribution in [0.3, 0.4) is 0 Å². The molecule has 0 amide bonds. The molecule has 1 aliphatic heterocycles. The minimum absolute atomic E-state index is 0.103. The van der Waals surface area contributed by atoms with Gasteiger partial charge in [0.1, 0.15) is 6.10 Å². The van der Waals surface area contributed by atoms with Crippen LogP contribution in [0.2, 0.25) is 0 Å². The highest BCUT2D eigenvalue weighted by Gasteiger charge is 2.48. The van der Waals surface area contributed by atoms with Crippen LogP contribution in [-0.2, 0) is 14.6 Å². The molecule has 1 aliphatic rings. The highest BCUT2D eigenvalue weighted by Crippen LogP contribution is 2.48. The lowest BCUT2D eigenvalue weighted by Gasteiger charge is -2.03. The molecule has 0 aliphatic carbocycles. The number of hydrogen-bond acceptors (Lipinski definition) is 3. The monoisotopic (exact) mass is 240 g/mol. The Morgan fingerprint density at radius 3 is 2.12 bits per heavy atom. The smallest absolute Gasteiger partial charge is 0.178 e. The molecule has 1 atom stereocenters. The zero-order valence-electron chi connectivity index (χ0n) is 9.73. The van der Waals surface area contributed by atoms with Crippen LogP contribution in [0.4, 0.5) is 0 Å². The molecule has 3 nitrogen and oxygen atoms in total. The van der Waals surface area contributed by atoms with Crippen LogP contribution >= 0.6 is 0 Å². The molecule has 0 radical (unpaired) electrons. The second-order valence-electron chi connectivity index (χ2n) is 4.57. The highest BCUT2D eigenvalue weighted by atomic mass is 32.2.